The van der Waals surface area contributed by atoms with Crippen LogP contribution in [0.5, 0.6) is 0 Å². The summed E-state index contributed by atoms with van der Waals surface area (Å²) < 4.78 is 5.33. The molecule has 0 aromatic heterocycles. The molecule has 0 radical (unpaired) electrons. The Bertz CT molecular complexity index is 90.9. The lowest BCUT2D eigenvalue weighted by Gasteiger charge is -2.12. The standard InChI is InChI=1S/C9H16O/c1-2-10-9-7-5-3-4-6-8-9/h2,9H,1,3-8H2. The van der Waals surface area contributed by atoms with E-state index in [0.29, 0.717) is 6.10 Å². The number of hydrogen-bond acceptors (Lipinski definition) is 1. The molecule has 0 N–H and O–H groups in total. The Labute approximate surface area is 63.1 Å². The van der Waals surface area contributed by atoms with Gasteiger partial charge in [0.15, 0.2) is 0 Å². The van der Waals surface area contributed by atoms with Crippen LogP contribution in [0, 0.1) is 0 Å². The molecule has 0 spiro atoms. The lowest BCUT2D eigenvalue weighted by atomic mass is 10.2. The maximum atomic E-state index is 5.33. The van der Waals surface area contributed by atoms with Gasteiger partial charge in [0, 0.05) is 0 Å². The average molecular weight is 140 g/mol. The van der Waals surface area contributed by atoms with Crippen LogP contribution in [-0.2, 0) is 4.74 Å². The normalized spacial score (nSPS) is 21.6. The van der Waals surface area contributed by atoms with E-state index in [9.17, 15) is 0 Å². The number of ether oxygens (including phenoxy) is 1. The molecule has 0 unspecified atom stereocenters. The minimum absolute atomic E-state index is 0.472. The van der Waals surface area contributed by atoms with Crippen molar-refractivity contribution in [2.75, 3.05) is 0 Å². The van der Waals surface area contributed by atoms with Gasteiger partial charge in [0.25, 0.3) is 0 Å². The summed E-state index contributed by atoms with van der Waals surface area (Å²) in [6, 6.07) is 0. The highest BCUT2D eigenvalue weighted by Gasteiger charge is 2.10. The predicted octanol–water partition coefficient (Wildman–Crippen LogP) is 2.87. The Morgan fingerprint density at radius 2 is 1.70 bits per heavy atom. The van der Waals surface area contributed by atoms with Crippen molar-refractivity contribution in [3.05, 3.63) is 12.8 Å². The molecule has 0 aromatic carbocycles. The van der Waals surface area contributed by atoms with Crippen LogP contribution >= 0.6 is 0 Å². The van der Waals surface area contributed by atoms with Gasteiger partial charge >= 0.3 is 0 Å². The summed E-state index contributed by atoms with van der Waals surface area (Å²) in [7, 11) is 0. The van der Waals surface area contributed by atoms with Crippen molar-refractivity contribution in [3.8, 4) is 0 Å². The van der Waals surface area contributed by atoms with E-state index in [0.717, 1.165) is 0 Å². The summed E-state index contributed by atoms with van der Waals surface area (Å²) in [5.74, 6) is 0. The second-order valence-electron chi connectivity index (χ2n) is 2.92. The smallest absolute Gasteiger partial charge is 0.0978 e. The summed E-state index contributed by atoms with van der Waals surface area (Å²) in [6.07, 6.45) is 9.94. The highest BCUT2D eigenvalue weighted by Crippen LogP contribution is 2.19. The predicted molar refractivity (Wildman–Crippen MR) is 42.8 cm³/mol. The van der Waals surface area contributed by atoms with Gasteiger partial charge in [0.2, 0.25) is 0 Å². The highest BCUT2D eigenvalue weighted by molar-refractivity contribution is 4.66. The third-order valence-electron chi connectivity index (χ3n) is 2.09. The fourth-order valence-electron chi connectivity index (χ4n) is 1.51. The molecular weight excluding hydrogens is 124 g/mol. The molecule has 0 saturated heterocycles. The zero-order chi connectivity index (χ0) is 7.23. The summed E-state index contributed by atoms with van der Waals surface area (Å²) >= 11 is 0. The Balaban J connectivity index is 2.21. The second-order valence-corrected chi connectivity index (χ2v) is 2.92. The van der Waals surface area contributed by atoms with Crippen LogP contribution in [0.4, 0.5) is 0 Å². The number of hydrogen-bond donors (Lipinski definition) is 0. The van der Waals surface area contributed by atoms with Crippen molar-refractivity contribution in [2.45, 2.75) is 44.6 Å². The van der Waals surface area contributed by atoms with Gasteiger partial charge in [-0.1, -0.05) is 19.4 Å². The van der Waals surface area contributed by atoms with Gasteiger partial charge in [-0.3, -0.25) is 0 Å². The van der Waals surface area contributed by atoms with Crippen LogP contribution in [0.3, 0.4) is 0 Å². The zero-order valence-electron chi connectivity index (χ0n) is 6.51. The van der Waals surface area contributed by atoms with Crippen LogP contribution < -0.4 is 0 Å². The number of rotatable bonds is 2. The molecule has 0 atom stereocenters. The van der Waals surface area contributed by atoms with Gasteiger partial charge < -0.3 is 4.74 Å². The summed E-state index contributed by atoms with van der Waals surface area (Å²) in [5, 5.41) is 0. The fraction of sp³-hybridized carbons (Fsp3) is 0.778. The summed E-state index contributed by atoms with van der Waals surface area (Å²) in [4.78, 5) is 0. The van der Waals surface area contributed by atoms with E-state index in [2.05, 4.69) is 6.58 Å². The Kier molecular flexibility index (Phi) is 3.34. The van der Waals surface area contributed by atoms with E-state index in [1.54, 1.807) is 6.26 Å². The van der Waals surface area contributed by atoms with Crippen LogP contribution in [0.1, 0.15) is 38.5 Å². The molecule has 0 amide bonds. The van der Waals surface area contributed by atoms with Gasteiger partial charge in [-0.2, -0.15) is 0 Å². The third kappa shape index (κ3) is 2.42. The van der Waals surface area contributed by atoms with Gasteiger partial charge in [-0.05, 0) is 25.7 Å². The minimum atomic E-state index is 0.472. The SMILES string of the molecule is C=COC1CCCCCC1. The molecule has 1 fully saturated rings. The molecule has 58 valence electrons. The van der Waals surface area contributed by atoms with E-state index in [1.165, 1.54) is 38.5 Å². The van der Waals surface area contributed by atoms with Crippen molar-refractivity contribution >= 4 is 0 Å². The van der Waals surface area contributed by atoms with Crippen molar-refractivity contribution < 1.29 is 4.74 Å². The first-order valence-corrected chi connectivity index (χ1v) is 4.20. The molecule has 1 nitrogen and oxygen atoms in total. The van der Waals surface area contributed by atoms with Crippen molar-refractivity contribution in [1.29, 1.82) is 0 Å². The summed E-state index contributed by atoms with van der Waals surface area (Å²) in [6.45, 7) is 3.56. The van der Waals surface area contributed by atoms with E-state index in [1.807, 2.05) is 0 Å². The summed E-state index contributed by atoms with van der Waals surface area (Å²) in [5.41, 5.74) is 0. The topological polar surface area (TPSA) is 9.23 Å². The highest BCUT2D eigenvalue weighted by atomic mass is 16.5. The fourth-order valence-corrected chi connectivity index (χ4v) is 1.51. The Morgan fingerprint density at radius 1 is 1.10 bits per heavy atom. The average Bonchev–Trinajstić information content (AvgIpc) is 2.17. The molecule has 1 rings (SSSR count). The molecule has 0 bridgehead atoms. The Hall–Kier alpha value is -0.460. The lowest BCUT2D eigenvalue weighted by Crippen LogP contribution is -2.06. The Morgan fingerprint density at radius 3 is 2.20 bits per heavy atom. The molecule has 0 aliphatic heterocycles. The maximum Gasteiger partial charge on any atom is 0.0978 e. The lowest BCUT2D eigenvalue weighted by molar-refractivity contribution is 0.130. The van der Waals surface area contributed by atoms with Crippen molar-refractivity contribution in [3.63, 3.8) is 0 Å². The van der Waals surface area contributed by atoms with Crippen LogP contribution in [0.2, 0.25) is 0 Å². The van der Waals surface area contributed by atoms with Gasteiger partial charge in [-0.15, -0.1) is 0 Å². The first kappa shape index (κ1) is 7.64. The molecule has 0 heterocycles. The van der Waals surface area contributed by atoms with Crippen molar-refractivity contribution in [1.82, 2.24) is 0 Å². The quantitative estimate of drug-likeness (QED) is 0.423. The second kappa shape index (κ2) is 4.37. The molecule has 1 saturated carbocycles. The monoisotopic (exact) mass is 140 g/mol. The van der Waals surface area contributed by atoms with Gasteiger partial charge in [0.1, 0.15) is 0 Å². The molecular formula is C9H16O. The first-order valence-electron chi connectivity index (χ1n) is 4.20. The van der Waals surface area contributed by atoms with Gasteiger partial charge in [0.05, 0.1) is 12.4 Å². The molecule has 1 aliphatic rings. The minimum Gasteiger partial charge on any atom is -0.499 e. The van der Waals surface area contributed by atoms with Crippen molar-refractivity contribution in [2.24, 2.45) is 0 Å². The maximum absolute atomic E-state index is 5.33. The molecule has 1 aliphatic carbocycles. The molecule has 1 heteroatoms. The van der Waals surface area contributed by atoms with Crippen LogP contribution in [-0.4, -0.2) is 6.10 Å². The van der Waals surface area contributed by atoms with Gasteiger partial charge in [-0.25, -0.2) is 0 Å². The van der Waals surface area contributed by atoms with E-state index >= 15 is 0 Å². The van der Waals surface area contributed by atoms with Crippen LogP contribution in [0.25, 0.3) is 0 Å². The largest absolute Gasteiger partial charge is 0.499 e. The zero-order valence-corrected chi connectivity index (χ0v) is 6.51. The van der Waals surface area contributed by atoms with E-state index in [4.69, 9.17) is 4.74 Å². The molecule has 10 heavy (non-hydrogen) atoms. The van der Waals surface area contributed by atoms with Crippen LogP contribution in [0.15, 0.2) is 12.8 Å². The first-order chi connectivity index (χ1) is 4.93. The van der Waals surface area contributed by atoms with E-state index < -0.39 is 0 Å². The third-order valence-corrected chi connectivity index (χ3v) is 2.09. The van der Waals surface area contributed by atoms with E-state index in [-0.39, 0.29) is 0 Å². The molecule has 0 aromatic rings.